The second-order valence-corrected chi connectivity index (χ2v) is 17.7. The van der Waals surface area contributed by atoms with Gasteiger partial charge in [-0.15, -0.1) is 11.8 Å². The summed E-state index contributed by atoms with van der Waals surface area (Å²) in [5, 5.41) is 7.81. The van der Waals surface area contributed by atoms with E-state index in [2.05, 4.69) is 47.6 Å². The number of rotatable bonds is 12. The first kappa shape index (κ1) is 37.4. The normalized spacial score (nSPS) is 33.5. The van der Waals surface area contributed by atoms with Crippen LogP contribution < -0.4 is 31.8 Å². The van der Waals surface area contributed by atoms with Gasteiger partial charge in [-0.25, -0.2) is 0 Å². The molecule has 1 heterocycles. The van der Waals surface area contributed by atoms with Crippen molar-refractivity contribution in [3.05, 3.63) is 44.6 Å². The molecule has 0 aromatic carbocycles. The Bertz CT molecular complexity index is 1200. The van der Waals surface area contributed by atoms with Gasteiger partial charge in [0.2, 0.25) is 0 Å². The molecule has 4 rings (SSSR count). The SMILES string of the molecule is C/C=C\[I-]C1C(C)C2=C(C(C)CC=C2)C1(CCCCC1CCCCC(NC(=O)C2C(OC)=CSC2C)CC1)C(=O)NCC(F)(F)F. The van der Waals surface area contributed by atoms with E-state index in [0.717, 1.165) is 75.5 Å². The van der Waals surface area contributed by atoms with E-state index in [9.17, 15) is 22.8 Å². The third kappa shape index (κ3) is 8.77. The van der Waals surface area contributed by atoms with Gasteiger partial charge in [-0.05, 0) is 0 Å². The monoisotopic (exact) mass is 777 g/mol. The number of nitrogens with one attached hydrogen (secondary N) is 2. The molecule has 8 unspecified atom stereocenters. The summed E-state index contributed by atoms with van der Waals surface area (Å²) in [6.45, 7) is 7.07. The van der Waals surface area contributed by atoms with Gasteiger partial charge in [0.05, 0.1) is 7.11 Å². The van der Waals surface area contributed by atoms with Gasteiger partial charge in [0.25, 0.3) is 0 Å². The van der Waals surface area contributed by atoms with E-state index in [4.69, 9.17) is 4.74 Å². The summed E-state index contributed by atoms with van der Waals surface area (Å²) in [6.07, 6.45) is 12.5. The molecule has 5 nitrogen and oxygen atoms in total. The summed E-state index contributed by atoms with van der Waals surface area (Å²) in [6, 6.07) is 0.161. The zero-order valence-electron chi connectivity index (χ0n) is 28.1. The fourth-order valence-corrected chi connectivity index (χ4v) is 12.7. The first-order valence-corrected chi connectivity index (χ1v) is 20.6. The number of hydrogen-bond acceptors (Lipinski definition) is 4. The molecule has 8 atom stereocenters. The van der Waals surface area contributed by atoms with Crippen LogP contribution in [0.15, 0.2) is 44.6 Å². The van der Waals surface area contributed by atoms with Gasteiger partial charge in [0.15, 0.2) is 0 Å². The zero-order chi connectivity index (χ0) is 33.5. The Balaban J connectivity index is 1.42. The van der Waals surface area contributed by atoms with E-state index >= 15 is 0 Å². The zero-order valence-corrected chi connectivity index (χ0v) is 31.0. The number of allylic oxidation sites excluding steroid dienone is 4. The van der Waals surface area contributed by atoms with Gasteiger partial charge < -0.3 is 4.74 Å². The van der Waals surface area contributed by atoms with Crippen LogP contribution in [0.2, 0.25) is 0 Å². The quantitative estimate of drug-likeness (QED) is 0.158. The van der Waals surface area contributed by atoms with Crippen LogP contribution in [0.3, 0.4) is 0 Å². The average molecular weight is 778 g/mol. The number of carbonyl (C=O) groups is 2. The molecule has 0 aromatic heterocycles. The molecule has 1 fully saturated rings. The predicted octanol–water partition coefficient (Wildman–Crippen LogP) is 5.44. The van der Waals surface area contributed by atoms with Gasteiger partial charge in [0, 0.05) is 10.7 Å². The van der Waals surface area contributed by atoms with Gasteiger partial charge in [-0.2, -0.15) is 0 Å². The number of alkyl halides is 4. The number of amides is 2. The van der Waals surface area contributed by atoms with Crippen molar-refractivity contribution in [3.8, 4) is 0 Å². The summed E-state index contributed by atoms with van der Waals surface area (Å²) in [5.41, 5.74) is 1.39. The third-order valence-electron chi connectivity index (χ3n) is 10.5. The Labute approximate surface area is 288 Å². The molecule has 0 spiro atoms. The van der Waals surface area contributed by atoms with Crippen LogP contribution in [-0.4, -0.2) is 46.9 Å². The van der Waals surface area contributed by atoms with E-state index in [1.807, 2.05) is 18.4 Å². The van der Waals surface area contributed by atoms with E-state index < -0.39 is 45.2 Å². The van der Waals surface area contributed by atoms with Gasteiger partial charge in [-0.3, -0.25) is 4.79 Å². The Morgan fingerprint density at radius 3 is 2.61 bits per heavy atom. The number of hydrogen-bond donors (Lipinski definition) is 2. The fourth-order valence-electron chi connectivity index (χ4n) is 8.24. The fraction of sp³-hybridized carbons (Fsp3) is 0.722. The Hall–Kier alpha value is -1.43. The van der Waals surface area contributed by atoms with Crippen molar-refractivity contribution in [3.63, 3.8) is 0 Å². The predicted molar refractivity (Wildman–Crippen MR) is 176 cm³/mol. The van der Waals surface area contributed by atoms with Crippen molar-refractivity contribution in [1.82, 2.24) is 10.6 Å². The molecule has 1 aliphatic heterocycles. The second kappa shape index (κ2) is 16.8. The molecular weight excluding hydrogens is 724 g/mol. The maximum absolute atomic E-state index is 14.1. The first-order chi connectivity index (χ1) is 21.9. The van der Waals surface area contributed by atoms with Crippen LogP contribution in [0.1, 0.15) is 98.3 Å². The number of halogens is 4. The molecule has 3 aliphatic carbocycles. The second-order valence-electron chi connectivity index (χ2n) is 13.7. The van der Waals surface area contributed by atoms with Crippen molar-refractivity contribution in [2.75, 3.05) is 13.7 Å². The van der Waals surface area contributed by atoms with Gasteiger partial charge in [0.1, 0.15) is 11.7 Å². The summed E-state index contributed by atoms with van der Waals surface area (Å²) in [7, 11) is 1.63. The van der Waals surface area contributed by atoms with Crippen LogP contribution in [0, 0.1) is 29.1 Å². The van der Waals surface area contributed by atoms with E-state index in [1.54, 1.807) is 18.9 Å². The summed E-state index contributed by atoms with van der Waals surface area (Å²) in [5.74, 6) is 0.966. The summed E-state index contributed by atoms with van der Waals surface area (Å²) < 4.78 is 47.7. The first-order valence-electron chi connectivity index (χ1n) is 17.1. The average Bonchev–Trinajstić information content (AvgIpc) is 3.50. The third-order valence-corrected chi connectivity index (χ3v) is 15.6. The van der Waals surface area contributed by atoms with Gasteiger partial charge in [-0.1, -0.05) is 6.92 Å². The standard InChI is InChI=1S/C36H53F3IN2O3S/c1-6-20-40-32-24(3)28-16-11-12-23(2)31(28)35(32,34(44)41-22-36(37,38)39)19-10-9-14-26-13-7-8-15-27(18-17-26)42-33(43)30-25(4)46-21-29(30)45-5/h6,11,16,20-21,23-27,30,32H,7-10,12-15,17-19,22H2,1-5H3,(H,41,44)(H,42,43)/q-1/b20-6-. The topological polar surface area (TPSA) is 67.4 Å². The molecule has 2 N–H and O–H groups in total. The molecule has 0 bridgehead atoms. The van der Waals surface area contributed by atoms with Crippen LogP contribution >= 0.6 is 11.8 Å². The van der Waals surface area contributed by atoms with Crippen LogP contribution in [0.5, 0.6) is 0 Å². The number of carbonyl (C=O) groups excluding carboxylic acids is 2. The van der Waals surface area contributed by atoms with Crippen molar-refractivity contribution >= 4 is 23.6 Å². The molecule has 0 radical (unpaired) electrons. The van der Waals surface area contributed by atoms with Crippen molar-refractivity contribution in [2.45, 2.75) is 120 Å². The Morgan fingerprint density at radius 2 is 1.89 bits per heavy atom. The summed E-state index contributed by atoms with van der Waals surface area (Å²) in [4.78, 5) is 27.3. The summed E-state index contributed by atoms with van der Waals surface area (Å²) >= 11 is 1.09. The van der Waals surface area contributed by atoms with E-state index in [-0.39, 0.29) is 38.9 Å². The van der Waals surface area contributed by atoms with Crippen LogP contribution in [-0.2, 0) is 14.3 Å². The van der Waals surface area contributed by atoms with E-state index in [0.29, 0.717) is 12.3 Å². The maximum atomic E-state index is 14.1. The van der Waals surface area contributed by atoms with Crippen LogP contribution in [0.25, 0.3) is 0 Å². The number of methoxy groups -OCH3 is 1. The molecule has 1 saturated carbocycles. The molecule has 10 heteroatoms. The van der Waals surface area contributed by atoms with E-state index in [1.165, 1.54) is 5.57 Å². The molecular formula is C36H53F3IN2O3S-. The van der Waals surface area contributed by atoms with Crippen molar-refractivity contribution in [2.24, 2.45) is 29.1 Å². The number of thioether (sulfide) groups is 1. The van der Waals surface area contributed by atoms with Gasteiger partial charge >= 0.3 is 232 Å². The number of ether oxygens (including phenoxy) is 1. The van der Waals surface area contributed by atoms with Crippen molar-refractivity contribution in [1.29, 1.82) is 0 Å². The van der Waals surface area contributed by atoms with Crippen molar-refractivity contribution < 1.29 is 48.7 Å². The molecule has 0 aromatic rings. The number of unbranched alkanes of at least 4 members (excludes halogenated alkanes) is 1. The Kier molecular flexibility index (Phi) is 13.6. The Morgan fingerprint density at radius 1 is 1.13 bits per heavy atom. The minimum absolute atomic E-state index is 0.0335. The molecule has 46 heavy (non-hydrogen) atoms. The minimum atomic E-state index is -4.45. The molecule has 260 valence electrons. The van der Waals surface area contributed by atoms with Crippen LogP contribution in [0.4, 0.5) is 13.2 Å². The molecule has 2 amide bonds. The molecule has 4 aliphatic rings. The molecule has 0 saturated heterocycles.